The van der Waals surface area contributed by atoms with Gasteiger partial charge in [0.05, 0.1) is 5.92 Å². The van der Waals surface area contributed by atoms with Gasteiger partial charge in [-0.05, 0) is 49.8 Å². The second-order valence-electron chi connectivity index (χ2n) is 7.79. The number of para-hydroxylation sites is 1. The first kappa shape index (κ1) is 21.7. The summed E-state index contributed by atoms with van der Waals surface area (Å²) in [4.78, 5) is 27.2. The van der Waals surface area contributed by atoms with Crippen LogP contribution in [0.5, 0.6) is 0 Å². The number of amides is 2. The van der Waals surface area contributed by atoms with Crippen LogP contribution in [0.3, 0.4) is 0 Å². The molecule has 1 saturated carbocycles. The first-order valence-corrected chi connectivity index (χ1v) is 9.97. The molecule has 2 aliphatic rings. The molecule has 3 rings (SSSR count). The van der Waals surface area contributed by atoms with Crippen LogP contribution >= 0.6 is 12.4 Å². The highest BCUT2D eigenvalue weighted by Gasteiger charge is 2.38. The minimum Gasteiger partial charge on any atom is -0.339 e. The zero-order valence-corrected chi connectivity index (χ0v) is 17.2. The summed E-state index contributed by atoms with van der Waals surface area (Å²) in [5.41, 5.74) is 1.92. The Bertz CT molecular complexity index is 644. The predicted octanol–water partition coefficient (Wildman–Crippen LogP) is 3.58. The SMILES string of the molecule is CCNCc1ccccc1NC(=O)C1CC(=O)N(C2CCC(C)CC2)C1.Cl. The van der Waals surface area contributed by atoms with E-state index in [-0.39, 0.29) is 30.1 Å². The average molecular weight is 394 g/mol. The van der Waals surface area contributed by atoms with E-state index in [0.717, 1.165) is 43.1 Å². The van der Waals surface area contributed by atoms with Crippen molar-refractivity contribution in [3.63, 3.8) is 0 Å². The van der Waals surface area contributed by atoms with Crippen molar-refractivity contribution in [2.75, 3.05) is 18.4 Å². The third-order valence-corrected chi connectivity index (χ3v) is 5.80. The molecule has 0 bridgehead atoms. The molecular formula is C21H32ClN3O2. The lowest BCUT2D eigenvalue weighted by molar-refractivity contribution is -0.130. The summed E-state index contributed by atoms with van der Waals surface area (Å²) in [5, 5.41) is 6.35. The van der Waals surface area contributed by atoms with Crippen molar-refractivity contribution in [2.24, 2.45) is 11.8 Å². The topological polar surface area (TPSA) is 61.4 Å². The maximum absolute atomic E-state index is 12.8. The number of nitrogens with one attached hydrogen (secondary N) is 2. The Balaban J connectivity index is 0.00000261. The first-order valence-electron chi connectivity index (χ1n) is 9.97. The Kier molecular flexibility index (Phi) is 8.11. The van der Waals surface area contributed by atoms with Crippen molar-refractivity contribution >= 4 is 29.9 Å². The molecule has 1 unspecified atom stereocenters. The van der Waals surface area contributed by atoms with Crippen molar-refractivity contribution < 1.29 is 9.59 Å². The van der Waals surface area contributed by atoms with Gasteiger partial charge < -0.3 is 15.5 Å². The molecule has 1 aliphatic carbocycles. The van der Waals surface area contributed by atoms with Crippen LogP contribution in [-0.2, 0) is 16.1 Å². The number of carbonyl (C=O) groups excluding carboxylic acids is 2. The molecular weight excluding hydrogens is 362 g/mol. The maximum atomic E-state index is 12.8. The van der Waals surface area contributed by atoms with Crippen LogP contribution in [0.25, 0.3) is 0 Å². The molecule has 1 atom stereocenters. The molecule has 27 heavy (non-hydrogen) atoms. The monoisotopic (exact) mass is 393 g/mol. The Morgan fingerprint density at radius 3 is 2.59 bits per heavy atom. The molecule has 0 aromatic heterocycles. The van der Waals surface area contributed by atoms with E-state index in [9.17, 15) is 9.59 Å². The number of hydrogen-bond donors (Lipinski definition) is 2. The Labute approximate surface area is 168 Å². The van der Waals surface area contributed by atoms with E-state index in [4.69, 9.17) is 0 Å². The van der Waals surface area contributed by atoms with Gasteiger partial charge in [0.1, 0.15) is 0 Å². The lowest BCUT2D eigenvalue weighted by Crippen LogP contribution is -2.39. The fraction of sp³-hybridized carbons (Fsp3) is 0.619. The van der Waals surface area contributed by atoms with E-state index in [2.05, 4.69) is 24.5 Å². The molecule has 150 valence electrons. The molecule has 6 heteroatoms. The molecule has 2 amide bonds. The van der Waals surface area contributed by atoms with Gasteiger partial charge in [-0.1, -0.05) is 32.0 Å². The van der Waals surface area contributed by atoms with Crippen LogP contribution in [0.4, 0.5) is 5.69 Å². The minimum absolute atomic E-state index is 0. The van der Waals surface area contributed by atoms with Crippen molar-refractivity contribution in [2.45, 2.75) is 58.5 Å². The largest absolute Gasteiger partial charge is 0.339 e. The van der Waals surface area contributed by atoms with Crippen LogP contribution in [0.15, 0.2) is 24.3 Å². The third kappa shape index (κ3) is 5.45. The van der Waals surface area contributed by atoms with E-state index in [1.165, 1.54) is 12.8 Å². The van der Waals surface area contributed by atoms with Crippen molar-refractivity contribution in [1.29, 1.82) is 0 Å². The number of carbonyl (C=O) groups is 2. The second kappa shape index (κ2) is 10.1. The lowest BCUT2D eigenvalue weighted by atomic mass is 9.87. The standard InChI is InChI=1S/C21H31N3O2.ClH/c1-3-22-13-16-6-4-5-7-19(16)23-21(26)17-12-20(25)24(14-17)18-10-8-15(2)9-11-18;/h4-7,15,17-18,22H,3,8-14H2,1-2H3,(H,23,26);1H. The molecule has 1 aromatic rings. The van der Waals surface area contributed by atoms with Gasteiger partial charge in [0.15, 0.2) is 0 Å². The quantitative estimate of drug-likeness (QED) is 0.776. The van der Waals surface area contributed by atoms with Gasteiger partial charge >= 0.3 is 0 Å². The molecule has 0 radical (unpaired) electrons. The summed E-state index contributed by atoms with van der Waals surface area (Å²) in [5.74, 6) is 0.630. The molecule has 5 nitrogen and oxygen atoms in total. The van der Waals surface area contributed by atoms with Gasteiger partial charge in [0.25, 0.3) is 0 Å². The van der Waals surface area contributed by atoms with Crippen LogP contribution in [0, 0.1) is 11.8 Å². The van der Waals surface area contributed by atoms with E-state index < -0.39 is 0 Å². The fourth-order valence-electron chi connectivity index (χ4n) is 4.11. The van der Waals surface area contributed by atoms with Crippen LogP contribution < -0.4 is 10.6 Å². The summed E-state index contributed by atoms with van der Waals surface area (Å²) in [6.07, 6.45) is 4.86. The number of hydrogen-bond acceptors (Lipinski definition) is 3. The molecule has 1 aliphatic heterocycles. The van der Waals surface area contributed by atoms with Gasteiger partial charge in [-0.3, -0.25) is 9.59 Å². The van der Waals surface area contributed by atoms with Gasteiger partial charge in [0.2, 0.25) is 11.8 Å². The highest BCUT2D eigenvalue weighted by atomic mass is 35.5. The van der Waals surface area contributed by atoms with E-state index in [1.807, 2.05) is 29.2 Å². The van der Waals surface area contributed by atoms with E-state index in [1.54, 1.807) is 0 Å². The number of halogens is 1. The summed E-state index contributed by atoms with van der Waals surface area (Å²) < 4.78 is 0. The minimum atomic E-state index is -0.242. The highest BCUT2D eigenvalue weighted by Crippen LogP contribution is 2.31. The van der Waals surface area contributed by atoms with Crippen LogP contribution in [0.1, 0.15) is 51.5 Å². The smallest absolute Gasteiger partial charge is 0.229 e. The van der Waals surface area contributed by atoms with Crippen molar-refractivity contribution in [3.8, 4) is 0 Å². The normalized spacial score (nSPS) is 25.2. The van der Waals surface area contributed by atoms with Gasteiger partial charge in [-0.15, -0.1) is 12.4 Å². The molecule has 2 fully saturated rings. The number of anilines is 1. The van der Waals surface area contributed by atoms with E-state index >= 15 is 0 Å². The van der Waals surface area contributed by atoms with Gasteiger partial charge in [-0.25, -0.2) is 0 Å². The molecule has 1 aromatic carbocycles. The summed E-state index contributed by atoms with van der Waals surface area (Å²) in [7, 11) is 0. The average Bonchev–Trinajstić information content (AvgIpc) is 3.03. The van der Waals surface area contributed by atoms with E-state index in [0.29, 0.717) is 19.0 Å². The Morgan fingerprint density at radius 2 is 1.89 bits per heavy atom. The molecule has 2 N–H and O–H groups in total. The van der Waals surface area contributed by atoms with Crippen LogP contribution in [0.2, 0.25) is 0 Å². The zero-order chi connectivity index (χ0) is 18.5. The van der Waals surface area contributed by atoms with Gasteiger partial charge in [-0.2, -0.15) is 0 Å². The predicted molar refractivity (Wildman–Crippen MR) is 111 cm³/mol. The Hall–Kier alpha value is -1.59. The lowest BCUT2D eigenvalue weighted by Gasteiger charge is -2.33. The molecule has 1 heterocycles. The maximum Gasteiger partial charge on any atom is 0.229 e. The second-order valence-corrected chi connectivity index (χ2v) is 7.79. The summed E-state index contributed by atoms with van der Waals surface area (Å²) in [6.45, 7) is 6.52. The molecule has 0 spiro atoms. The Morgan fingerprint density at radius 1 is 1.19 bits per heavy atom. The summed E-state index contributed by atoms with van der Waals surface area (Å²) >= 11 is 0. The van der Waals surface area contributed by atoms with Gasteiger partial charge in [0, 0.05) is 31.2 Å². The first-order chi connectivity index (χ1) is 12.6. The number of likely N-dealkylation sites (tertiary alicyclic amines) is 1. The number of benzene rings is 1. The number of nitrogens with zero attached hydrogens (tertiary/aromatic N) is 1. The van der Waals surface area contributed by atoms with Crippen LogP contribution in [-0.4, -0.2) is 35.8 Å². The molecule has 1 saturated heterocycles. The highest BCUT2D eigenvalue weighted by molar-refractivity contribution is 5.97. The van der Waals surface area contributed by atoms with Crippen molar-refractivity contribution in [3.05, 3.63) is 29.8 Å². The summed E-state index contributed by atoms with van der Waals surface area (Å²) in [6, 6.07) is 8.19. The van der Waals surface area contributed by atoms with Crippen molar-refractivity contribution in [1.82, 2.24) is 10.2 Å². The fourth-order valence-corrected chi connectivity index (χ4v) is 4.11. The zero-order valence-electron chi connectivity index (χ0n) is 16.4. The number of rotatable bonds is 6. The third-order valence-electron chi connectivity index (χ3n) is 5.80.